The summed E-state index contributed by atoms with van der Waals surface area (Å²) in [6.45, 7) is 0. The summed E-state index contributed by atoms with van der Waals surface area (Å²) in [7, 11) is 3.21. The third-order valence-corrected chi connectivity index (χ3v) is 3.51. The van der Waals surface area contributed by atoms with E-state index in [0.717, 1.165) is 10.8 Å². The van der Waals surface area contributed by atoms with Crippen molar-refractivity contribution >= 4 is 11.8 Å². The van der Waals surface area contributed by atoms with E-state index in [1.54, 1.807) is 14.2 Å². The largest absolute Gasteiger partial charge is 0.497 e. The van der Waals surface area contributed by atoms with Crippen molar-refractivity contribution in [1.29, 1.82) is 0 Å². The van der Waals surface area contributed by atoms with E-state index in [-0.39, 0.29) is 12.0 Å². The van der Waals surface area contributed by atoms with E-state index in [0.29, 0.717) is 16.7 Å². The molecule has 1 aromatic carbocycles. The second-order valence-corrected chi connectivity index (χ2v) is 4.66. The van der Waals surface area contributed by atoms with Crippen molar-refractivity contribution in [3.05, 3.63) is 51.9 Å². The molecule has 0 saturated heterocycles. The zero-order chi connectivity index (χ0) is 14.3. The van der Waals surface area contributed by atoms with Crippen LogP contribution in [0.1, 0.15) is 17.2 Å². The van der Waals surface area contributed by atoms with E-state index in [1.165, 1.54) is 6.08 Å². The summed E-state index contributed by atoms with van der Waals surface area (Å²) >= 11 is 0. The minimum absolute atomic E-state index is 0.171. The van der Waals surface area contributed by atoms with Crippen LogP contribution in [0.5, 0.6) is 0 Å². The second kappa shape index (κ2) is 4.77. The first-order chi connectivity index (χ1) is 9.63. The van der Waals surface area contributed by atoms with E-state index in [1.807, 2.05) is 24.3 Å². The third-order valence-electron chi connectivity index (χ3n) is 3.51. The van der Waals surface area contributed by atoms with Crippen LogP contribution in [0.2, 0.25) is 0 Å². The van der Waals surface area contributed by atoms with Crippen molar-refractivity contribution in [3.63, 3.8) is 0 Å². The van der Waals surface area contributed by atoms with Gasteiger partial charge in [0.05, 0.1) is 12.5 Å². The number of methoxy groups -OCH3 is 2. The molecule has 0 bridgehead atoms. The van der Waals surface area contributed by atoms with Gasteiger partial charge in [-0.05, 0) is 23.8 Å². The summed E-state index contributed by atoms with van der Waals surface area (Å²) in [5.41, 5.74) is 1.56. The molecule has 0 radical (unpaired) electrons. The lowest BCUT2D eigenvalue weighted by Crippen LogP contribution is -2.30. The first-order valence-corrected chi connectivity index (χ1v) is 6.24. The molecule has 1 heterocycles. The van der Waals surface area contributed by atoms with Crippen molar-refractivity contribution in [2.24, 2.45) is 4.99 Å². The normalized spacial score (nSPS) is 23.6. The molecule has 3 rings (SSSR count). The minimum Gasteiger partial charge on any atom is -0.497 e. The van der Waals surface area contributed by atoms with E-state index in [2.05, 4.69) is 4.99 Å². The number of fused-ring (bicyclic) bond motifs is 2. The fourth-order valence-corrected chi connectivity index (χ4v) is 2.54. The molecular formula is C15H15NO4. The van der Waals surface area contributed by atoms with Gasteiger partial charge in [0.15, 0.2) is 0 Å². The highest BCUT2D eigenvalue weighted by atomic mass is 16.5. The summed E-state index contributed by atoms with van der Waals surface area (Å²) in [6, 6.07) is 3.65. The average molecular weight is 273 g/mol. The van der Waals surface area contributed by atoms with Gasteiger partial charge in [0, 0.05) is 24.0 Å². The molecule has 0 amide bonds. The molecule has 20 heavy (non-hydrogen) atoms. The first-order valence-electron chi connectivity index (χ1n) is 6.24. The third kappa shape index (κ3) is 1.92. The molecule has 2 atom stereocenters. The quantitative estimate of drug-likeness (QED) is 0.825. The number of nitrogens with zero attached hydrogens (tertiary/aromatic N) is 1. The smallest absolute Gasteiger partial charge is 0.210 e. The monoisotopic (exact) mass is 273 g/mol. The van der Waals surface area contributed by atoms with Gasteiger partial charge in [-0.2, -0.15) is 0 Å². The van der Waals surface area contributed by atoms with E-state index < -0.39 is 6.10 Å². The van der Waals surface area contributed by atoms with Crippen LogP contribution in [0.4, 0.5) is 0 Å². The Hall–Kier alpha value is -2.11. The molecular weight excluding hydrogens is 258 g/mol. The van der Waals surface area contributed by atoms with Gasteiger partial charge in [0.1, 0.15) is 18.0 Å². The summed E-state index contributed by atoms with van der Waals surface area (Å²) in [4.78, 5) is 4.04. The van der Waals surface area contributed by atoms with E-state index in [4.69, 9.17) is 9.47 Å². The van der Waals surface area contributed by atoms with Gasteiger partial charge in [0.2, 0.25) is 5.88 Å². The fourth-order valence-electron chi connectivity index (χ4n) is 2.54. The Labute approximate surface area is 115 Å². The van der Waals surface area contributed by atoms with E-state index in [9.17, 15) is 10.2 Å². The number of aliphatic hydroxyl groups is 2. The lowest BCUT2D eigenvalue weighted by atomic mass is 9.96. The van der Waals surface area contributed by atoms with Crippen LogP contribution in [-0.2, 0) is 9.47 Å². The highest BCUT2D eigenvalue weighted by Crippen LogP contribution is 2.19. The molecule has 104 valence electrons. The number of hydrogen-bond donors (Lipinski definition) is 2. The Morgan fingerprint density at radius 3 is 2.75 bits per heavy atom. The maximum atomic E-state index is 10.0. The fraction of sp³-hybridized carbons (Fsp3) is 0.267. The highest BCUT2D eigenvalue weighted by Gasteiger charge is 2.21. The van der Waals surface area contributed by atoms with Crippen molar-refractivity contribution in [1.82, 2.24) is 0 Å². The summed E-state index contributed by atoms with van der Waals surface area (Å²) < 4.78 is 10.8. The second-order valence-electron chi connectivity index (χ2n) is 4.66. The number of ether oxygens (including phenoxy) is 2. The summed E-state index contributed by atoms with van der Waals surface area (Å²) in [5, 5.41) is 20.9. The van der Waals surface area contributed by atoms with E-state index >= 15 is 0 Å². The van der Waals surface area contributed by atoms with Crippen LogP contribution in [0.25, 0.3) is 11.8 Å². The topological polar surface area (TPSA) is 71.3 Å². The molecule has 0 fully saturated rings. The van der Waals surface area contributed by atoms with Gasteiger partial charge in [-0.1, -0.05) is 6.08 Å². The van der Waals surface area contributed by atoms with Crippen LogP contribution < -0.4 is 10.6 Å². The zero-order valence-electron chi connectivity index (χ0n) is 11.2. The van der Waals surface area contributed by atoms with Gasteiger partial charge in [0.25, 0.3) is 0 Å². The lowest BCUT2D eigenvalue weighted by Gasteiger charge is -2.20. The standard InChI is InChI=1S/C15H15NO4/c1-19-13-4-3-8-5-11-10(6-9(8)15(13)20-2)12(17)7-14(18)16-11/h3-7,12-13,17-18H,1-2H3. The van der Waals surface area contributed by atoms with Crippen molar-refractivity contribution in [2.75, 3.05) is 14.2 Å². The van der Waals surface area contributed by atoms with Gasteiger partial charge >= 0.3 is 0 Å². The Bertz CT molecular complexity index is 733. The van der Waals surface area contributed by atoms with Gasteiger partial charge < -0.3 is 19.7 Å². The SMILES string of the molecule is COC1=c2cc3c(cc2C=CC1OC)=NC(O)=CC3O. The molecule has 5 heteroatoms. The molecule has 0 spiro atoms. The Balaban J connectivity index is 2.31. The molecule has 1 aliphatic heterocycles. The molecule has 0 aromatic heterocycles. The van der Waals surface area contributed by atoms with Gasteiger partial charge in [-0.15, -0.1) is 0 Å². The van der Waals surface area contributed by atoms with Crippen LogP contribution in [0.15, 0.2) is 35.2 Å². The van der Waals surface area contributed by atoms with Crippen molar-refractivity contribution in [3.8, 4) is 0 Å². The molecule has 5 nitrogen and oxygen atoms in total. The maximum absolute atomic E-state index is 10.0. The van der Waals surface area contributed by atoms with Crippen molar-refractivity contribution < 1.29 is 19.7 Å². The van der Waals surface area contributed by atoms with Crippen LogP contribution >= 0.6 is 0 Å². The maximum Gasteiger partial charge on any atom is 0.210 e. The molecule has 1 aromatic rings. The number of rotatable bonds is 2. The Morgan fingerprint density at radius 1 is 1.25 bits per heavy atom. The highest BCUT2D eigenvalue weighted by molar-refractivity contribution is 5.64. The molecule has 2 N–H and O–H groups in total. The number of hydrogen-bond acceptors (Lipinski definition) is 5. The van der Waals surface area contributed by atoms with Crippen LogP contribution in [-0.4, -0.2) is 30.5 Å². The van der Waals surface area contributed by atoms with Crippen molar-refractivity contribution in [2.45, 2.75) is 12.2 Å². The zero-order valence-corrected chi connectivity index (χ0v) is 11.2. The predicted molar refractivity (Wildman–Crippen MR) is 73.1 cm³/mol. The minimum atomic E-state index is -0.877. The molecule has 2 unspecified atom stereocenters. The number of benzene rings is 1. The Morgan fingerprint density at radius 2 is 2.05 bits per heavy atom. The molecule has 0 saturated carbocycles. The van der Waals surface area contributed by atoms with Crippen LogP contribution in [0, 0.1) is 0 Å². The molecule has 1 aliphatic carbocycles. The summed E-state index contributed by atoms with van der Waals surface area (Å²) in [5.74, 6) is 0.522. The summed E-state index contributed by atoms with van der Waals surface area (Å²) in [6.07, 6.45) is 3.99. The van der Waals surface area contributed by atoms with Gasteiger partial charge in [-0.3, -0.25) is 0 Å². The number of aliphatic hydroxyl groups excluding tert-OH is 2. The average Bonchev–Trinajstić information content (AvgIpc) is 2.44. The molecule has 2 aliphatic rings. The lowest BCUT2D eigenvalue weighted by molar-refractivity contribution is 0.148. The Kier molecular flexibility index (Phi) is 3.08. The predicted octanol–water partition coefficient (Wildman–Crippen LogP) is 0.549. The first kappa shape index (κ1) is 12.9. The van der Waals surface area contributed by atoms with Gasteiger partial charge in [-0.25, -0.2) is 4.99 Å². The van der Waals surface area contributed by atoms with Crippen LogP contribution in [0.3, 0.4) is 0 Å².